The minimum absolute atomic E-state index is 0.0224. The van der Waals surface area contributed by atoms with Crippen molar-refractivity contribution < 1.29 is 23.5 Å². The van der Waals surface area contributed by atoms with E-state index in [1.165, 1.54) is 11.8 Å². The third-order valence-electron chi connectivity index (χ3n) is 6.42. The Morgan fingerprint density at radius 2 is 1.81 bits per heavy atom. The monoisotopic (exact) mass is 521 g/mol. The van der Waals surface area contributed by atoms with Gasteiger partial charge in [0.15, 0.2) is 0 Å². The molecule has 1 atom stereocenters. The smallest absolute Gasteiger partial charge is 0.339 e. The topological polar surface area (TPSA) is 110 Å². The van der Waals surface area contributed by atoms with E-state index in [1.54, 1.807) is 12.3 Å². The minimum atomic E-state index is -1.09. The second kappa shape index (κ2) is 10.8. The van der Waals surface area contributed by atoms with Crippen LogP contribution in [-0.2, 0) is 27.2 Å². The SMILES string of the molecule is Cc1c(CCC(=O)N[C@H](CSCc2ccccc2)C(=O)O)c(=O)oc2cc3occ(C(C)(C)C)c3cc12. The quantitative estimate of drug-likeness (QED) is 0.277. The molecule has 7 nitrogen and oxygen atoms in total. The summed E-state index contributed by atoms with van der Waals surface area (Å²) in [6, 6.07) is 12.4. The average Bonchev–Trinajstić information content (AvgIpc) is 3.26. The summed E-state index contributed by atoms with van der Waals surface area (Å²) in [6.07, 6.45) is 1.86. The molecule has 2 N–H and O–H groups in total. The van der Waals surface area contributed by atoms with Gasteiger partial charge in [-0.1, -0.05) is 51.1 Å². The molecule has 0 aliphatic rings. The summed E-state index contributed by atoms with van der Waals surface area (Å²) < 4.78 is 11.3. The first-order chi connectivity index (χ1) is 17.5. The number of furan rings is 1. The number of carboxylic acids is 1. The van der Waals surface area contributed by atoms with Gasteiger partial charge in [0.05, 0.1) is 6.26 Å². The van der Waals surface area contributed by atoms with Crippen LogP contribution in [0.1, 0.15) is 49.4 Å². The van der Waals surface area contributed by atoms with Gasteiger partial charge >= 0.3 is 11.6 Å². The van der Waals surface area contributed by atoms with Gasteiger partial charge in [-0.25, -0.2) is 9.59 Å². The fourth-order valence-corrected chi connectivity index (χ4v) is 5.34. The van der Waals surface area contributed by atoms with Crippen molar-refractivity contribution >= 4 is 45.6 Å². The van der Waals surface area contributed by atoms with Crippen molar-refractivity contribution in [3.8, 4) is 0 Å². The Kier molecular flexibility index (Phi) is 7.78. The number of thioether (sulfide) groups is 1. The molecule has 0 unspecified atom stereocenters. The number of aliphatic carboxylic acids is 1. The molecular weight excluding hydrogens is 490 g/mol. The highest BCUT2D eigenvalue weighted by Crippen LogP contribution is 2.35. The summed E-state index contributed by atoms with van der Waals surface area (Å²) in [4.78, 5) is 37.1. The number of carbonyl (C=O) groups excluding carboxylic acids is 1. The van der Waals surface area contributed by atoms with Crippen LogP contribution in [0.2, 0.25) is 0 Å². The second-order valence-corrected chi connectivity index (χ2v) is 11.2. The molecule has 37 heavy (non-hydrogen) atoms. The van der Waals surface area contributed by atoms with E-state index in [0.29, 0.717) is 22.5 Å². The molecule has 0 radical (unpaired) electrons. The van der Waals surface area contributed by atoms with Crippen LogP contribution >= 0.6 is 11.8 Å². The summed E-state index contributed by atoms with van der Waals surface area (Å²) >= 11 is 1.44. The largest absolute Gasteiger partial charge is 0.480 e. The highest BCUT2D eigenvalue weighted by atomic mass is 32.2. The number of nitrogens with one attached hydrogen (secondary N) is 1. The lowest BCUT2D eigenvalue weighted by Gasteiger charge is -2.17. The maximum absolute atomic E-state index is 12.7. The van der Waals surface area contributed by atoms with E-state index >= 15 is 0 Å². The van der Waals surface area contributed by atoms with Gasteiger partial charge < -0.3 is 19.3 Å². The summed E-state index contributed by atoms with van der Waals surface area (Å²) in [7, 11) is 0. The van der Waals surface area contributed by atoms with E-state index in [1.807, 2.05) is 43.3 Å². The Labute approximate surface area is 219 Å². The number of hydrogen-bond donors (Lipinski definition) is 2. The van der Waals surface area contributed by atoms with Crippen molar-refractivity contribution in [1.29, 1.82) is 0 Å². The number of carboxylic acid groups (broad SMARTS) is 1. The van der Waals surface area contributed by atoms with Crippen LogP contribution in [0.4, 0.5) is 0 Å². The number of hydrogen-bond acceptors (Lipinski definition) is 6. The van der Waals surface area contributed by atoms with E-state index in [-0.39, 0.29) is 24.0 Å². The first-order valence-corrected chi connectivity index (χ1v) is 13.3. The van der Waals surface area contributed by atoms with E-state index < -0.39 is 23.5 Å². The molecule has 2 aromatic heterocycles. The summed E-state index contributed by atoms with van der Waals surface area (Å²) in [5.74, 6) is -0.621. The molecule has 2 heterocycles. The molecule has 4 rings (SSSR count). The standard InChI is InChI=1S/C29H31NO6S/c1-17-19(10-11-26(31)30-23(27(32)33)16-37-15-18-8-6-5-7-9-18)28(34)36-25-13-24-21(12-20(17)25)22(14-35-24)29(2,3)4/h5-9,12-14,23H,10-11,15-16H2,1-4H3,(H,30,31)(H,32,33)/t23-/m1/s1. The molecule has 0 fully saturated rings. The average molecular weight is 522 g/mol. The van der Waals surface area contributed by atoms with Crippen molar-refractivity contribution in [1.82, 2.24) is 5.32 Å². The molecule has 4 aromatic rings. The molecule has 8 heteroatoms. The number of carbonyl (C=O) groups is 2. The van der Waals surface area contributed by atoms with Gasteiger partial charge in [0, 0.05) is 45.9 Å². The van der Waals surface area contributed by atoms with Crippen LogP contribution in [0, 0.1) is 6.92 Å². The number of fused-ring (bicyclic) bond motifs is 2. The predicted molar refractivity (Wildman–Crippen MR) is 146 cm³/mol. The Bertz CT molecular complexity index is 1500. The fourth-order valence-electron chi connectivity index (χ4n) is 4.33. The Morgan fingerprint density at radius 1 is 1.08 bits per heavy atom. The highest BCUT2D eigenvalue weighted by Gasteiger charge is 2.23. The summed E-state index contributed by atoms with van der Waals surface area (Å²) in [5.41, 5.74) is 3.75. The Hall–Kier alpha value is -3.52. The zero-order valence-corrected chi connectivity index (χ0v) is 22.2. The lowest BCUT2D eigenvalue weighted by Crippen LogP contribution is -2.42. The van der Waals surface area contributed by atoms with Crippen molar-refractivity contribution in [2.75, 3.05) is 5.75 Å². The molecule has 194 valence electrons. The molecule has 0 bridgehead atoms. The lowest BCUT2D eigenvalue weighted by molar-refractivity contribution is -0.141. The first-order valence-electron chi connectivity index (χ1n) is 12.2. The van der Waals surface area contributed by atoms with Gasteiger partial charge in [0.1, 0.15) is 17.2 Å². The van der Waals surface area contributed by atoms with Crippen molar-refractivity contribution in [2.45, 2.75) is 57.7 Å². The van der Waals surface area contributed by atoms with Crippen LogP contribution in [0.3, 0.4) is 0 Å². The van der Waals surface area contributed by atoms with Crippen LogP contribution in [0.25, 0.3) is 21.9 Å². The van der Waals surface area contributed by atoms with Crippen LogP contribution in [0.15, 0.2) is 62.4 Å². The zero-order valence-electron chi connectivity index (χ0n) is 21.4. The first kappa shape index (κ1) is 26.5. The number of aryl methyl sites for hydroxylation is 1. The van der Waals surface area contributed by atoms with E-state index in [0.717, 1.165) is 27.5 Å². The fraction of sp³-hybridized carbons (Fsp3) is 0.345. The molecule has 0 aliphatic heterocycles. The normalized spacial score (nSPS) is 12.6. The number of rotatable bonds is 9. The predicted octanol–water partition coefficient (Wildman–Crippen LogP) is 5.58. The Morgan fingerprint density at radius 3 is 2.49 bits per heavy atom. The molecule has 2 aromatic carbocycles. The van der Waals surface area contributed by atoms with Crippen LogP contribution in [-0.4, -0.2) is 28.8 Å². The van der Waals surface area contributed by atoms with Crippen LogP contribution < -0.4 is 10.9 Å². The Balaban J connectivity index is 1.47. The van der Waals surface area contributed by atoms with E-state index in [2.05, 4.69) is 26.1 Å². The second-order valence-electron chi connectivity index (χ2n) is 10.2. The molecule has 1 amide bonds. The molecular formula is C29H31NO6S. The van der Waals surface area contributed by atoms with E-state index in [4.69, 9.17) is 8.83 Å². The van der Waals surface area contributed by atoms with Gasteiger partial charge in [-0.2, -0.15) is 11.8 Å². The lowest BCUT2D eigenvalue weighted by atomic mass is 9.86. The highest BCUT2D eigenvalue weighted by molar-refractivity contribution is 7.98. The van der Waals surface area contributed by atoms with Gasteiger partial charge in [-0.05, 0) is 36.0 Å². The summed E-state index contributed by atoms with van der Waals surface area (Å²) in [6.45, 7) is 8.16. The summed E-state index contributed by atoms with van der Waals surface area (Å²) in [5, 5.41) is 13.9. The third kappa shape index (κ3) is 6.07. The molecule has 0 saturated heterocycles. The zero-order chi connectivity index (χ0) is 26.7. The minimum Gasteiger partial charge on any atom is -0.480 e. The number of benzene rings is 2. The van der Waals surface area contributed by atoms with Gasteiger partial charge in [-0.15, -0.1) is 0 Å². The van der Waals surface area contributed by atoms with Gasteiger partial charge in [-0.3, -0.25) is 4.79 Å². The van der Waals surface area contributed by atoms with Gasteiger partial charge in [0.2, 0.25) is 5.91 Å². The number of amides is 1. The molecule has 0 aliphatic carbocycles. The molecule has 0 saturated carbocycles. The maximum atomic E-state index is 12.7. The molecule has 0 spiro atoms. The van der Waals surface area contributed by atoms with Crippen LogP contribution in [0.5, 0.6) is 0 Å². The maximum Gasteiger partial charge on any atom is 0.339 e. The third-order valence-corrected chi connectivity index (χ3v) is 7.53. The van der Waals surface area contributed by atoms with Crippen molar-refractivity contribution in [3.63, 3.8) is 0 Å². The van der Waals surface area contributed by atoms with Gasteiger partial charge in [0.25, 0.3) is 0 Å². The van der Waals surface area contributed by atoms with Crippen molar-refractivity contribution in [3.05, 3.63) is 81.4 Å². The van der Waals surface area contributed by atoms with Crippen molar-refractivity contribution in [2.24, 2.45) is 0 Å². The van der Waals surface area contributed by atoms with E-state index in [9.17, 15) is 19.5 Å².